The number of rotatable bonds is 9. The van der Waals surface area contributed by atoms with E-state index in [1.165, 1.54) is 11.0 Å². The van der Waals surface area contributed by atoms with Crippen LogP contribution in [-0.4, -0.2) is 85.4 Å². The summed E-state index contributed by atoms with van der Waals surface area (Å²) in [5.74, 6) is -2.68. The Morgan fingerprint density at radius 3 is 2.61 bits per heavy atom. The molecule has 5 amide bonds. The van der Waals surface area contributed by atoms with Crippen LogP contribution in [0.1, 0.15) is 83.1 Å². The lowest BCUT2D eigenvalue weighted by Gasteiger charge is -2.29. The molecule has 4 aliphatic rings. The molecule has 4 N–H and O–H groups in total. The van der Waals surface area contributed by atoms with Crippen molar-refractivity contribution in [1.29, 1.82) is 0 Å². The van der Waals surface area contributed by atoms with E-state index in [4.69, 9.17) is 9.47 Å². The van der Waals surface area contributed by atoms with Gasteiger partial charge < -0.3 is 25.0 Å². The quantitative estimate of drug-likeness (QED) is 0.280. The molecular formula is C34H47N5O9S. The molecule has 2 saturated carbocycles. The Morgan fingerprint density at radius 2 is 1.90 bits per heavy atom. The van der Waals surface area contributed by atoms with Crippen molar-refractivity contribution in [1.82, 2.24) is 20.3 Å². The van der Waals surface area contributed by atoms with Gasteiger partial charge in [0, 0.05) is 18.0 Å². The number of fused-ring (bicyclic) bond motifs is 4. The second kappa shape index (κ2) is 15.6. The van der Waals surface area contributed by atoms with Crippen LogP contribution < -0.4 is 20.7 Å². The number of hydrogen-bond donors (Lipinski definition) is 4. The van der Waals surface area contributed by atoms with Gasteiger partial charge in [0.25, 0.3) is 5.91 Å². The van der Waals surface area contributed by atoms with E-state index >= 15 is 0 Å². The minimum absolute atomic E-state index is 0.0905. The maximum Gasteiger partial charge on any atom is 0.411 e. The summed E-state index contributed by atoms with van der Waals surface area (Å²) in [4.78, 5) is 68.5. The number of ether oxygens (including phenoxy) is 2. The van der Waals surface area contributed by atoms with E-state index in [1.807, 2.05) is 25.1 Å². The van der Waals surface area contributed by atoms with E-state index in [0.717, 1.165) is 37.7 Å². The first kappa shape index (κ1) is 36.1. The smallest absolute Gasteiger partial charge is 0.411 e. The van der Waals surface area contributed by atoms with Gasteiger partial charge in [-0.1, -0.05) is 50.8 Å². The highest BCUT2D eigenvalue weighted by atomic mass is 32.2. The Hall–Kier alpha value is -4.14. The number of amides is 5. The molecule has 2 heterocycles. The fraction of sp³-hybridized carbons (Fsp3) is 0.618. The highest BCUT2D eigenvalue weighted by Gasteiger charge is 2.62. The highest BCUT2D eigenvalue weighted by Crippen LogP contribution is 2.45. The van der Waals surface area contributed by atoms with Crippen LogP contribution in [0.15, 0.2) is 36.9 Å². The lowest BCUT2D eigenvalue weighted by molar-refractivity contribution is -0.141. The third-order valence-electron chi connectivity index (χ3n) is 9.57. The molecule has 1 saturated heterocycles. The first-order chi connectivity index (χ1) is 23.5. The average molecular weight is 702 g/mol. The number of cyclic esters (lactones) is 1. The van der Waals surface area contributed by atoms with Crippen LogP contribution in [0.25, 0.3) is 0 Å². The molecule has 5 rings (SSSR count). The number of carbonyl (C=O) groups excluding carboxylic acids is 5. The standard InChI is InChI=1S/C34H47N5O9S/c1-3-5-14-27-30(41)39-21-25(19-28(39)29(40)37-34(20-23(34)4-2)31(42)38-49(45,46)26-15-16-26)48-33(44)35-24-13-10-12-22(18-24)11-8-6-7-9-17-47-32(43)36-27/h4,10,12-13,18,23,25-28H,2-3,5-9,11,14-17,19-21H2,1H3,(H,35,44)(H,36,43)(H,37,40)(H,38,42)/t23-,25-,27+,28+,34-/m1/s1. The van der Waals surface area contributed by atoms with Crippen molar-refractivity contribution in [3.05, 3.63) is 42.5 Å². The number of sulfonamides is 1. The molecule has 5 atom stereocenters. The van der Waals surface area contributed by atoms with E-state index in [-0.39, 0.29) is 32.4 Å². The number of alkyl carbamates (subject to hydrolysis) is 1. The lowest BCUT2D eigenvalue weighted by Crippen LogP contribution is -2.58. The molecule has 2 aliphatic heterocycles. The van der Waals surface area contributed by atoms with Gasteiger partial charge in [0.1, 0.15) is 23.7 Å². The van der Waals surface area contributed by atoms with Crippen LogP contribution in [0.5, 0.6) is 0 Å². The molecule has 4 bridgehead atoms. The number of anilines is 1. The van der Waals surface area contributed by atoms with Gasteiger partial charge >= 0.3 is 12.2 Å². The normalized spacial score (nSPS) is 28.2. The Balaban J connectivity index is 1.38. The zero-order chi connectivity index (χ0) is 35.2. The largest absolute Gasteiger partial charge is 0.450 e. The van der Waals surface area contributed by atoms with Crippen LogP contribution in [0.3, 0.4) is 0 Å². The van der Waals surface area contributed by atoms with Crippen molar-refractivity contribution < 1.29 is 41.9 Å². The minimum Gasteiger partial charge on any atom is -0.450 e. The van der Waals surface area contributed by atoms with Gasteiger partial charge in [-0.2, -0.15) is 0 Å². The van der Waals surface area contributed by atoms with E-state index in [9.17, 15) is 32.4 Å². The first-order valence-electron chi connectivity index (χ1n) is 17.3. The molecule has 0 aromatic heterocycles. The number of unbranched alkanes of at least 4 members (excludes halogenated alkanes) is 1. The molecule has 268 valence electrons. The van der Waals surface area contributed by atoms with Crippen LogP contribution in [0, 0.1) is 5.92 Å². The van der Waals surface area contributed by atoms with Crippen molar-refractivity contribution >= 4 is 45.6 Å². The van der Waals surface area contributed by atoms with Crippen molar-refractivity contribution in [2.45, 2.75) is 113 Å². The van der Waals surface area contributed by atoms with Crippen LogP contribution in [0.4, 0.5) is 15.3 Å². The zero-order valence-corrected chi connectivity index (χ0v) is 28.7. The summed E-state index contributed by atoms with van der Waals surface area (Å²) in [7, 11) is -3.90. The topological polar surface area (TPSA) is 189 Å². The summed E-state index contributed by atoms with van der Waals surface area (Å²) in [6.45, 7) is 5.72. The molecular weight excluding hydrogens is 654 g/mol. The number of nitrogens with one attached hydrogen (secondary N) is 4. The summed E-state index contributed by atoms with van der Waals surface area (Å²) >= 11 is 0. The van der Waals surface area contributed by atoms with E-state index in [0.29, 0.717) is 31.4 Å². The predicted molar refractivity (Wildman–Crippen MR) is 180 cm³/mol. The number of nitrogens with zero attached hydrogens (tertiary/aromatic N) is 1. The summed E-state index contributed by atoms with van der Waals surface area (Å²) in [5, 5.41) is 7.48. The molecule has 15 heteroatoms. The van der Waals surface area contributed by atoms with Crippen molar-refractivity contribution in [3.8, 4) is 0 Å². The Bertz CT molecular complexity index is 1550. The number of hydrogen-bond acceptors (Lipinski definition) is 9. The molecule has 14 nitrogen and oxygen atoms in total. The fourth-order valence-electron chi connectivity index (χ4n) is 6.50. The summed E-state index contributed by atoms with van der Waals surface area (Å²) in [6.07, 6.45) is 5.79. The van der Waals surface area contributed by atoms with Gasteiger partial charge in [-0.15, -0.1) is 6.58 Å². The van der Waals surface area contributed by atoms with E-state index in [2.05, 4.69) is 27.3 Å². The first-order valence-corrected chi connectivity index (χ1v) is 18.8. The molecule has 1 aromatic carbocycles. The number of aryl methyl sites for hydroxylation is 1. The van der Waals surface area contributed by atoms with E-state index < -0.39 is 74.8 Å². The third-order valence-corrected chi connectivity index (χ3v) is 11.4. The number of benzene rings is 1. The molecule has 2 aliphatic carbocycles. The number of carbonyl (C=O) groups is 5. The van der Waals surface area contributed by atoms with Gasteiger partial charge in [-0.3, -0.25) is 24.4 Å². The second-order valence-corrected chi connectivity index (χ2v) is 15.4. The van der Waals surface area contributed by atoms with Crippen molar-refractivity contribution in [2.24, 2.45) is 5.92 Å². The molecule has 49 heavy (non-hydrogen) atoms. The maximum atomic E-state index is 14.1. The zero-order valence-electron chi connectivity index (χ0n) is 27.9. The maximum absolute atomic E-state index is 14.1. The van der Waals surface area contributed by atoms with Crippen molar-refractivity contribution in [3.63, 3.8) is 0 Å². The van der Waals surface area contributed by atoms with Crippen molar-refractivity contribution in [2.75, 3.05) is 18.5 Å². The fourth-order valence-corrected chi connectivity index (χ4v) is 7.86. The Morgan fingerprint density at radius 1 is 1.12 bits per heavy atom. The van der Waals surface area contributed by atoms with Gasteiger partial charge in [-0.05, 0) is 62.6 Å². The third kappa shape index (κ3) is 9.11. The average Bonchev–Trinajstić information content (AvgIpc) is 3.99. The van der Waals surface area contributed by atoms with Gasteiger partial charge in [0.2, 0.25) is 21.8 Å². The summed E-state index contributed by atoms with van der Waals surface area (Å²) < 4.78 is 38.4. The predicted octanol–water partition coefficient (Wildman–Crippen LogP) is 3.28. The summed E-state index contributed by atoms with van der Waals surface area (Å²) in [5.41, 5.74) is 0.0202. The van der Waals surface area contributed by atoms with E-state index in [1.54, 1.807) is 6.07 Å². The molecule has 1 aromatic rings. The van der Waals surface area contributed by atoms with Crippen LogP contribution in [-0.2, 0) is 40.3 Å². The highest BCUT2D eigenvalue weighted by molar-refractivity contribution is 7.91. The lowest BCUT2D eigenvalue weighted by atomic mass is 10.1. The molecule has 3 fully saturated rings. The van der Waals surface area contributed by atoms with Gasteiger partial charge in [0.05, 0.1) is 18.4 Å². The second-order valence-electron chi connectivity index (χ2n) is 13.4. The monoisotopic (exact) mass is 701 g/mol. The SMILES string of the molecule is C=C[C@@H]1C[C@]1(NC(=O)[C@@H]1C[C@@H]2CN1C(=O)[C@H](CCCC)NC(=O)OCCCCCCc1cccc(c1)NC(=O)O2)C(=O)NS(=O)(=O)C1CC1. The van der Waals surface area contributed by atoms with Crippen LogP contribution in [0.2, 0.25) is 0 Å². The molecule has 0 spiro atoms. The Labute approximate surface area is 287 Å². The minimum atomic E-state index is -3.90. The Kier molecular flexibility index (Phi) is 11.5. The molecule has 0 radical (unpaired) electrons. The molecule has 0 unspecified atom stereocenters. The van der Waals surface area contributed by atoms with Crippen LogP contribution >= 0.6 is 0 Å². The van der Waals surface area contributed by atoms with Gasteiger partial charge in [0.15, 0.2) is 0 Å². The summed E-state index contributed by atoms with van der Waals surface area (Å²) in [6, 6.07) is 5.21. The van der Waals surface area contributed by atoms with Gasteiger partial charge in [-0.25, -0.2) is 18.0 Å².